The van der Waals surface area contributed by atoms with Gasteiger partial charge in [-0.1, -0.05) is 32.1 Å². The van der Waals surface area contributed by atoms with Crippen LogP contribution in [0, 0.1) is 23.7 Å². The zero-order valence-corrected chi connectivity index (χ0v) is 32.0. The van der Waals surface area contributed by atoms with Crippen LogP contribution >= 0.6 is 0 Å². The van der Waals surface area contributed by atoms with E-state index in [9.17, 15) is 23.6 Å². The third-order valence-corrected chi connectivity index (χ3v) is 12.0. The molecule has 53 heavy (non-hydrogen) atoms. The highest BCUT2D eigenvalue weighted by atomic mass is 19.1. The van der Waals surface area contributed by atoms with Crippen molar-refractivity contribution in [1.29, 1.82) is 0 Å². The monoisotopic (exact) mass is 738 g/mol. The number of alkyl halides is 1. The molecule has 2 N–H and O–H groups in total. The molecule has 2 saturated carbocycles. The van der Waals surface area contributed by atoms with Crippen molar-refractivity contribution >= 4 is 40.5 Å². The maximum Gasteiger partial charge on any atom is 0.407 e. The molecule has 0 spiro atoms. The first-order valence-electron chi connectivity index (χ1n) is 20.0. The molecule has 2 aliphatic heterocycles. The molecule has 1 aromatic heterocycles. The smallest absolute Gasteiger partial charge is 0.407 e. The number of esters is 1. The first kappa shape index (κ1) is 39.0. The largest absolute Gasteiger partial charge is 0.458 e. The summed E-state index contributed by atoms with van der Waals surface area (Å²) < 4.78 is 32.0. The Morgan fingerprint density at radius 1 is 0.962 bits per heavy atom. The molecule has 1 aromatic carbocycles. The van der Waals surface area contributed by atoms with E-state index >= 15 is 0 Å². The molecular formula is C41H59FN4O7. The van der Waals surface area contributed by atoms with Crippen molar-refractivity contribution < 1.29 is 37.8 Å². The maximum absolute atomic E-state index is 14.3. The highest BCUT2D eigenvalue weighted by Crippen LogP contribution is 2.42. The Morgan fingerprint density at radius 3 is 2.40 bits per heavy atom. The van der Waals surface area contributed by atoms with Gasteiger partial charge in [0.25, 0.3) is 0 Å². The second-order valence-electron chi connectivity index (χ2n) is 16.8. The second-order valence-corrected chi connectivity index (χ2v) is 16.8. The number of carbonyl (C=O) groups excluding carboxylic acids is 4. The van der Waals surface area contributed by atoms with Crippen LogP contribution < -0.4 is 10.6 Å². The highest BCUT2D eigenvalue weighted by Gasteiger charge is 2.47. The number of carbonyl (C=O) groups is 4. The molecule has 4 aliphatic rings. The first-order valence-corrected chi connectivity index (χ1v) is 20.0. The van der Waals surface area contributed by atoms with Crippen molar-refractivity contribution in [3.8, 4) is 0 Å². The Hall–Kier alpha value is -3.67. The number of likely N-dealkylation sites (tertiary alicyclic amines) is 1. The number of rotatable bonds is 11. The van der Waals surface area contributed by atoms with Crippen LogP contribution in [0.2, 0.25) is 0 Å². The number of aromatic nitrogens is 1. The molecular weight excluding hydrogens is 679 g/mol. The third kappa shape index (κ3) is 9.53. The van der Waals surface area contributed by atoms with Gasteiger partial charge >= 0.3 is 12.1 Å². The van der Waals surface area contributed by atoms with E-state index in [0.717, 1.165) is 55.8 Å². The normalized spacial score (nSPS) is 26.0. The number of amides is 3. The van der Waals surface area contributed by atoms with E-state index in [1.54, 1.807) is 31.4 Å². The summed E-state index contributed by atoms with van der Waals surface area (Å²) >= 11 is 0. The number of ether oxygens (including phenoxy) is 3. The molecule has 6 rings (SSSR count). The fraction of sp³-hybridized carbons (Fsp3) is 0.707. The van der Waals surface area contributed by atoms with Crippen molar-refractivity contribution in [3.63, 3.8) is 0 Å². The summed E-state index contributed by atoms with van der Waals surface area (Å²) in [6, 6.07) is 6.48. The molecule has 12 heteroatoms. The molecule has 0 radical (unpaired) electrons. The summed E-state index contributed by atoms with van der Waals surface area (Å²) in [7, 11) is 1.83. The number of halogens is 1. The zero-order chi connectivity index (χ0) is 37.7. The zero-order valence-electron chi connectivity index (χ0n) is 32.0. The molecule has 3 heterocycles. The fourth-order valence-electron chi connectivity index (χ4n) is 9.32. The standard InChI is InChI=1S/C41H59FN4O7/c1-41(2,3)53-40(50)44-33(18-20-42)27-12-14-28(15-13-27)38(48)46-21-19-32(26-9-6-5-7-10-26)36(46)37(47)43-30-16-17-34-29(23-30)24-35(45(34)4)39(49)52-25-31-11-8-22-51-31/h16-17,23-24,26-28,31-33,36H,5-15,18-22,25H2,1-4H3,(H,43,47)(H,44,50)/t27?,28?,31-,32-,33+,36-/m0/s1. The summed E-state index contributed by atoms with van der Waals surface area (Å²) in [4.78, 5) is 56.0. The lowest BCUT2D eigenvalue weighted by molar-refractivity contribution is -0.142. The molecule has 0 unspecified atom stereocenters. The van der Waals surface area contributed by atoms with E-state index in [2.05, 4.69) is 10.6 Å². The topological polar surface area (TPSA) is 128 Å². The summed E-state index contributed by atoms with van der Waals surface area (Å²) in [5.74, 6) is -0.248. The van der Waals surface area contributed by atoms with Crippen molar-refractivity contribution in [3.05, 3.63) is 30.0 Å². The summed E-state index contributed by atoms with van der Waals surface area (Å²) in [6.45, 7) is 6.32. The van der Waals surface area contributed by atoms with Gasteiger partial charge in [-0.3, -0.25) is 14.0 Å². The minimum absolute atomic E-state index is 0.0220. The van der Waals surface area contributed by atoms with Gasteiger partial charge in [0.2, 0.25) is 11.8 Å². The number of alkyl carbamates (subject to hydrolysis) is 1. The Bertz CT molecular complexity index is 1600. The molecule has 0 bridgehead atoms. The lowest BCUT2D eigenvalue weighted by Crippen LogP contribution is -2.50. The number of hydrogen-bond donors (Lipinski definition) is 2. The number of nitrogens with one attached hydrogen (secondary N) is 2. The number of fused-ring (bicyclic) bond motifs is 1. The molecule has 2 saturated heterocycles. The number of aryl methyl sites for hydroxylation is 1. The highest BCUT2D eigenvalue weighted by molar-refractivity contribution is 6.01. The summed E-state index contributed by atoms with van der Waals surface area (Å²) in [6.07, 6.45) is 10.5. The van der Waals surface area contributed by atoms with Gasteiger partial charge in [-0.2, -0.15) is 0 Å². The predicted molar refractivity (Wildman–Crippen MR) is 200 cm³/mol. The van der Waals surface area contributed by atoms with E-state index < -0.39 is 30.4 Å². The van der Waals surface area contributed by atoms with Gasteiger partial charge in [-0.25, -0.2) is 9.59 Å². The van der Waals surface area contributed by atoms with Crippen LogP contribution in [0.15, 0.2) is 24.3 Å². The molecule has 11 nitrogen and oxygen atoms in total. The van der Waals surface area contributed by atoms with Crippen molar-refractivity contribution in [2.75, 3.05) is 31.7 Å². The minimum atomic E-state index is -0.652. The van der Waals surface area contributed by atoms with Gasteiger partial charge < -0.3 is 34.3 Å². The number of nitrogens with zero attached hydrogens (tertiary/aromatic N) is 2. The Labute approximate surface area is 313 Å². The quantitative estimate of drug-likeness (QED) is 0.232. The number of benzene rings is 1. The Kier molecular flexibility index (Phi) is 12.7. The van der Waals surface area contributed by atoms with Gasteiger partial charge in [0.15, 0.2) is 0 Å². The van der Waals surface area contributed by atoms with E-state index in [1.165, 1.54) is 6.42 Å². The van der Waals surface area contributed by atoms with Crippen LogP contribution in [0.1, 0.15) is 115 Å². The van der Waals surface area contributed by atoms with Crippen LogP contribution in [0.25, 0.3) is 10.9 Å². The van der Waals surface area contributed by atoms with Gasteiger partial charge in [0.05, 0.1) is 12.8 Å². The number of hydrogen-bond acceptors (Lipinski definition) is 7. The van der Waals surface area contributed by atoms with Crippen LogP contribution in [0.3, 0.4) is 0 Å². The number of anilines is 1. The molecule has 2 aliphatic carbocycles. The molecule has 292 valence electrons. The Morgan fingerprint density at radius 2 is 1.72 bits per heavy atom. The lowest BCUT2D eigenvalue weighted by Gasteiger charge is -2.37. The lowest BCUT2D eigenvalue weighted by atomic mass is 9.75. The summed E-state index contributed by atoms with van der Waals surface area (Å²) in [5, 5.41) is 6.86. The first-order chi connectivity index (χ1) is 25.4. The van der Waals surface area contributed by atoms with E-state index in [4.69, 9.17) is 14.2 Å². The van der Waals surface area contributed by atoms with Crippen LogP contribution in [0.5, 0.6) is 0 Å². The van der Waals surface area contributed by atoms with Crippen molar-refractivity contribution in [2.24, 2.45) is 30.7 Å². The van der Waals surface area contributed by atoms with E-state index in [1.807, 2.05) is 30.1 Å². The summed E-state index contributed by atoms with van der Waals surface area (Å²) in [5.41, 5.74) is 1.24. The molecule has 4 atom stereocenters. The van der Waals surface area contributed by atoms with Crippen LogP contribution in [-0.4, -0.2) is 83.6 Å². The SMILES string of the molecule is Cn1c(C(=O)OC[C@@H]2CCCO2)cc2cc(NC(=O)[C@@H]3[C@H](C4CCCCC4)CCN3C(=O)C3CCC([C@@H](CCF)NC(=O)OC(C)(C)C)CC3)ccc21. The molecule has 3 amide bonds. The average Bonchev–Trinajstić information content (AvgIpc) is 3.89. The van der Waals surface area contributed by atoms with Crippen molar-refractivity contribution in [1.82, 2.24) is 14.8 Å². The van der Waals surface area contributed by atoms with Gasteiger partial charge in [-0.05, 0) is 114 Å². The maximum atomic E-state index is 14.3. The van der Waals surface area contributed by atoms with Crippen molar-refractivity contribution in [2.45, 2.75) is 128 Å². The molecule has 4 fully saturated rings. The second kappa shape index (κ2) is 17.2. The Balaban J connectivity index is 1.13. The average molecular weight is 739 g/mol. The van der Waals surface area contributed by atoms with Gasteiger partial charge in [0.1, 0.15) is 23.9 Å². The predicted octanol–water partition coefficient (Wildman–Crippen LogP) is 7.31. The minimum Gasteiger partial charge on any atom is -0.458 e. The molecule has 2 aromatic rings. The van der Waals surface area contributed by atoms with E-state index in [0.29, 0.717) is 56.1 Å². The fourth-order valence-corrected chi connectivity index (χ4v) is 9.32. The van der Waals surface area contributed by atoms with Crippen LogP contribution in [-0.2, 0) is 30.8 Å². The third-order valence-electron chi connectivity index (χ3n) is 12.0. The van der Waals surface area contributed by atoms with Gasteiger partial charge in [0, 0.05) is 48.7 Å². The van der Waals surface area contributed by atoms with Crippen LogP contribution in [0.4, 0.5) is 14.9 Å². The van der Waals surface area contributed by atoms with Gasteiger partial charge in [-0.15, -0.1) is 0 Å². The van der Waals surface area contributed by atoms with E-state index in [-0.39, 0.29) is 54.7 Å².